The molecule has 0 spiro atoms. The normalized spacial score (nSPS) is 19.1. The van der Waals surface area contributed by atoms with E-state index >= 15 is 0 Å². The van der Waals surface area contributed by atoms with Gasteiger partial charge in [-0.25, -0.2) is 4.57 Å². The van der Waals surface area contributed by atoms with E-state index in [4.69, 9.17) is 13.6 Å². The monoisotopic (exact) mass is 307 g/mol. The fourth-order valence-corrected chi connectivity index (χ4v) is 3.85. The highest BCUT2D eigenvalue weighted by molar-refractivity contribution is 7.48. The van der Waals surface area contributed by atoms with Gasteiger partial charge in [0.2, 0.25) is 0 Å². The van der Waals surface area contributed by atoms with Crippen LogP contribution in [-0.4, -0.2) is 37.4 Å². The number of likely N-dealkylation sites (tertiary alicyclic amines) is 1. The van der Waals surface area contributed by atoms with Gasteiger partial charge in [-0.1, -0.05) is 27.2 Å². The van der Waals surface area contributed by atoms with Gasteiger partial charge in [0.15, 0.2) is 0 Å². The van der Waals surface area contributed by atoms with Gasteiger partial charge >= 0.3 is 7.82 Å². The fraction of sp³-hybridized carbons (Fsp3) is 1.00. The molecule has 0 saturated carbocycles. The number of hydrogen-bond acceptors (Lipinski definition) is 5. The second-order valence-corrected chi connectivity index (χ2v) is 6.80. The molecule has 1 rings (SSSR count). The molecule has 0 radical (unpaired) electrons. The summed E-state index contributed by atoms with van der Waals surface area (Å²) in [7, 11) is -3.43. The second kappa shape index (κ2) is 9.91. The number of rotatable bonds is 10. The average molecular weight is 307 g/mol. The van der Waals surface area contributed by atoms with Gasteiger partial charge in [0, 0.05) is 13.1 Å². The van der Waals surface area contributed by atoms with Crippen LogP contribution in [0.4, 0.5) is 0 Å². The van der Waals surface area contributed by atoms with E-state index < -0.39 is 7.82 Å². The van der Waals surface area contributed by atoms with E-state index in [1.807, 2.05) is 20.8 Å². The molecular weight excluding hydrogens is 277 g/mol. The van der Waals surface area contributed by atoms with Crippen LogP contribution in [0.25, 0.3) is 0 Å². The quantitative estimate of drug-likeness (QED) is 0.566. The Hall–Kier alpha value is 0.0700. The Balaban J connectivity index is 2.61. The standard InChI is InChI=1S/C14H30NO4P/c1-4-12-17-20(16,18-13-5-2)19-14(6-3)15-10-8-7-9-11-15/h14H,4-13H2,1-3H3. The summed E-state index contributed by atoms with van der Waals surface area (Å²) in [5.41, 5.74) is 0. The molecule has 1 unspecified atom stereocenters. The maximum Gasteiger partial charge on any atom is 0.476 e. The van der Waals surface area contributed by atoms with Crippen molar-refractivity contribution in [2.75, 3.05) is 26.3 Å². The number of piperidine rings is 1. The van der Waals surface area contributed by atoms with Crippen molar-refractivity contribution < 1.29 is 18.1 Å². The Labute approximate surface area is 123 Å². The van der Waals surface area contributed by atoms with Gasteiger partial charge in [-0.2, -0.15) is 0 Å². The first-order valence-electron chi connectivity index (χ1n) is 7.96. The molecule has 0 bridgehead atoms. The lowest BCUT2D eigenvalue weighted by molar-refractivity contribution is -0.0235. The molecule has 1 fully saturated rings. The largest absolute Gasteiger partial charge is 0.476 e. The summed E-state index contributed by atoms with van der Waals surface area (Å²) in [6, 6.07) is 0. The maximum absolute atomic E-state index is 12.6. The van der Waals surface area contributed by atoms with E-state index in [2.05, 4.69) is 4.90 Å². The first kappa shape index (κ1) is 18.1. The fourth-order valence-electron chi connectivity index (χ4n) is 2.26. The summed E-state index contributed by atoms with van der Waals surface area (Å²) in [6.45, 7) is 8.80. The van der Waals surface area contributed by atoms with Crippen molar-refractivity contribution in [3.8, 4) is 0 Å². The van der Waals surface area contributed by atoms with E-state index in [1.165, 1.54) is 19.3 Å². The molecule has 1 aliphatic heterocycles. The van der Waals surface area contributed by atoms with Gasteiger partial charge in [-0.05, 0) is 32.1 Å². The van der Waals surface area contributed by atoms with Gasteiger partial charge in [-0.3, -0.25) is 18.5 Å². The highest BCUT2D eigenvalue weighted by Crippen LogP contribution is 2.51. The van der Waals surface area contributed by atoms with Crippen molar-refractivity contribution in [3.05, 3.63) is 0 Å². The van der Waals surface area contributed by atoms with Crippen LogP contribution >= 0.6 is 7.82 Å². The third kappa shape index (κ3) is 6.23. The number of nitrogens with zero attached hydrogens (tertiary/aromatic N) is 1. The van der Waals surface area contributed by atoms with Crippen molar-refractivity contribution in [1.29, 1.82) is 0 Å². The van der Waals surface area contributed by atoms with Gasteiger partial charge in [0.05, 0.1) is 13.2 Å². The lowest BCUT2D eigenvalue weighted by Crippen LogP contribution is -2.40. The molecule has 1 aliphatic rings. The van der Waals surface area contributed by atoms with E-state index in [-0.39, 0.29) is 6.23 Å². The highest BCUT2D eigenvalue weighted by atomic mass is 31.2. The van der Waals surface area contributed by atoms with E-state index in [0.717, 1.165) is 32.4 Å². The molecule has 5 nitrogen and oxygen atoms in total. The minimum Gasteiger partial charge on any atom is -0.287 e. The molecular formula is C14H30NO4P. The highest BCUT2D eigenvalue weighted by Gasteiger charge is 2.33. The van der Waals surface area contributed by atoms with E-state index in [1.54, 1.807) is 0 Å². The van der Waals surface area contributed by atoms with Gasteiger partial charge in [-0.15, -0.1) is 0 Å². The van der Waals surface area contributed by atoms with Crippen LogP contribution < -0.4 is 0 Å². The summed E-state index contributed by atoms with van der Waals surface area (Å²) >= 11 is 0. The number of hydrogen-bond donors (Lipinski definition) is 0. The molecule has 20 heavy (non-hydrogen) atoms. The molecule has 1 atom stereocenters. The van der Waals surface area contributed by atoms with Crippen molar-refractivity contribution in [1.82, 2.24) is 4.90 Å². The van der Waals surface area contributed by atoms with Crippen LogP contribution in [0.15, 0.2) is 0 Å². The Morgan fingerprint density at radius 3 is 2.00 bits per heavy atom. The van der Waals surface area contributed by atoms with Crippen LogP contribution in [-0.2, 0) is 18.1 Å². The van der Waals surface area contributed by atoms with Crippen molar-refractivity contribution >= 4 is 7.82 Å². The van der Waals surface area contributed by atoms with Crippen LogP contribution in [0.2, 0.25) is 0 Å². The minimum atomic E-state index is -3.43. The Morgan fingerprint density at radius 1 is 1.00 bits per heavy atom. The molecule has 1 heterocycles. The molecule has 0 aliphatic carbocycles. The third-order valence-electron chi connectivity index (χ3n) is 3.30. The number of phosphoric ester groups is 1. The Kier molecular flexibility index (Phi) is 8.98. The lowest BCUT2D eigenvalue weighted by atomic mass is 10.1. The molecule has 6 heteroatoms. The molecule has 0 N–H and O–H groups in total. The van der Waals surface area contributed by atoms with Crippen molar-refractivity contribution in [3.63, 3.8) is 0 Å². The molecule has 120 valence electrons. The van der Waals surface area contributed by atoms with E-state index in [0.29, 0.717) is 13.2 Å². The van der Waals surface area contributed by atoms with Crippen LogP contribution in [0.3, 0.4) is 0 Å². The van der Waals surface area contributed by atoms with Gasteiger partial charge < -0.3 is 0 Å². The van der Waals surface area contributed by atoms with Crippen LogP contribution in [0.1, 0.15) is 59.3 Å². The average Bonchev–Trinajstić information content (AvgIpc) is 2.50. The Morgan fingerprint density at radius 2 is 1.55 bits per heavy atom. The summed E-state index contributed by atoms with van der Waals surface area (Å²) in [6.07, 6.45) is 5.83. The smallest absolute Gasteiger partial charge is 0.287 e. The molecule has 0 aromatic carbocycles. The summed E-state index contributed by atoms with van der Waals surface area (Å²) < 4.78 is 29.2. The molecule has 0 aromatic rings. The Bertz CT molecular complexity index is 283. The SMILES string of the molecule is CCCOP(=O)(OCCC)OC(CC)N1CCCCC1. The van der Waals surface area contributed by atoms with Crippen LogP contribution in [0.5, 0.6) is 0 Å². The molecule has 0 amide bonds. The predicted molar refractivity (Wildman–Crippen MR) is 80.7 cm³/mol. The zero-order chi connectivity index (χ0) is 14.8. The topological polar surface area (TPSA) is 48.0 Å². The third-order valence-corrected chi connectivity index (χ3v) is 4.80. The van der Waals surface area contributed by atoms with Gasteiger partial charge in [0.25, 0.3) is 0 Å². The lowest BCUT2D eigenvalue weighted by Gasteiger charge is -2.35. The summed E-state index contributed by atoms with van der Waals surface area (Å²) in [4.78, 5) is 2.25. The first-order valence-corrected chi connectivity index (χ1v) is 9.42. The van der Waals surface area contributed by atoms with Crippen LogP contribution in [0, 0.1) is 0 Å². The zero-order valence-corrected chi connectivity index (χ0v) is 14.1. The molecule has 0 aromatic heterocycles. The minimum absolute atomic E-state index is 0.171. The summed E-state index contributed by atoms with van der Waals surface area (Å²) in [5.74, 6) is 0. The predicted octanol–water partition coefficient (Wildman–Crippen LogP) is 4.19. The summed E-state index contributed by atoms with van der Waals surface area (Å²) in [5, 5.41) is 0. The maximum atomic E-state index is 12.6. The van der Waals surface area contributed by atoms with Crippen molar-refractivity contribution in [2.24, 2.45) is 0 Å². The second-order valence-electron chi connectivity index (χ2n) is 5.18. The zero-order valence-electron chi connectivity index (χ0n) is 13.2. The van der Waals surface area contributed by atoms with E-state index in [9.17, 15) is 4.57 Å². The number of phosphoric acid groups is 1. The first-order chi connectivity index (χ1) is 9.65. The molecule has 1 saturated heterocycles. The van der Waals surface area contributed by atoms with Gasteiger partial charge in [0.1, 0.15) is 6.23 Å². The van der Waals surface area contributed by atoms with Crippen molar-refractivity contribution in [2.45, 2.75) is 65.5 Å².